The number of nitrogens with two attached hydrogens (primary N) is 1. The lowest BCUT2D eigenvalue weighted by Gasteiger charge is -2.21. The highest BCUT2D eigenvalue weighted by molar-refractivity contribution is 6.00. The number of nitrogens with one attached hydrogen (secondary N) is 1. The largest absolute Gasteiger partial charge is 0.383 e. The second-order valence-corrected chi connectivity index (χ2v) is 10.3. The van der Waals surface area contributed by atoms with Crippen molar-refractivity contribution < 1.29 is 4.52 Å². The van der Waals surface area contributed by atoms with Crippen LogP contribution < -0.4 is 11.1 Å². The van der Waals surface area contributed by atoms with E-state index in [1.165, 1.54) is 6.33 Å². The van der Waals surface area contributed by atoms with Crippen LogP contribution in [0.4, 0.5) is 5.82 Å². The summed E-state index contributed by atoms with van der Waals surface area (Å²) in [7, 11) is 0. The zero-order valence-electron chi connectivity index (χ0n) is 19.7. The Balaban J connectivity index is 1.51. The molecule has 4 aromatic heterocycles. The molecule has 0 atom stereocenters. The average Bonchev–Trinajstić information content (AvgIpc) is 3.45. The van der Waals surface area contributed by atoms with E-state index in [1.54, 1.807) is 0 Å². The predicted octanol–water partition coefficient (Wildman–Crippen LogP) is 3.62. The third-order valence-corrected chi connectivity index (χ3v) is 6.72. The van der Waals surface area contributed by atoms with Crippen LogP contribution >= 0.6 is 0 Å². The van der Waals surface area contributed by atoms with E-state index in [2.05, 4.69) is 57.5 Å². The second kappa shape index (κ2) is 7.83. The molecule has 0 radical (unpaired) electrons. The number of aromatic nitrogens is 7. The van der Waals surface area contributed by atoms with Gasteiger partial charge in [-0.05, 0) is 71.7 Å². The Hall–Kier alpha value is -3.40. The van der Waals surface area contributed by atoms with E-state index in [4.69, 9.17) is 15.4 Å². The normalized spacial score (nSPS) is 17.5. The fourth-order valence-electron chi connectivity index (χ4n) is 4.76. The summed E-state index contributed by atoms with van der Waals surface area (Å²) in [6, 6.07) is 4.13. The van der Waals surface area contributed by atoms with E-state index in [-0.39, 0.29) is 5.54 Å². The molecule has 1 saturated heterocycles. The molecule has 1 aliphatic carbocycles. The fraction of sp³-hybridized carbons (Fsp3) is 0.500. The number of nitrogens with zero attached hydrogens (tertiary/aromatic N) is 7. The SMILES string of the molecule is CC(C)(C)n1nc(-c2noc(C3CC3)c2-c2ccc(C3CCNCC3)nn2)c2c(N)ncnc21. The summed E-state index contributed by atoms with van der Waals surface area (Å²) < 4.78 is 7.77. The van der Waals surface area contributed by atoms with Crippen LogP contribution in [0.2, 0.25) is 0 Å². The number of piperidine rings is 1. The topological polar surface area (TPSA) is 133 Å². The fourth-order valence-corrected chi connectivity index (χ4v) is 4.76. The molecular formula is C24H29N9O. The lowest BCUT2D eigenvalue weighted by Crippen LogP contribution is -2.27. The minimum atomic E-state index is -0.309. The van der Waals surface area contributed by atoms with Crippen molar-refractivity contribution in [2.75, 3.05) is 18.8 Å². The van der Waals surface area contributed by atoms with Gasteiger partial charge < -0.3 is 15.6 Å². The molecule has 2 fully saturated rings. The Bertz CT molecular complexity index is 1340. The van der Waals surface area contributed by atoms with Crippen LogP contribution in [0.15, 0.2) is 23.0 Å². The van der Waals surface area contributed by atoms with Crippen molar-refractivity contribution in [1.29, 1.82) is 0 Å². The lowest BCUT2D eigenvalue weighted by atomic mass is 9.94. The quantitative estimate of drug-likeness (QED) is 0.469. The molecule has 6 rings (SSSR count). The molecular weight excluding hydrogens is 430 g/mol. The van der Waals surface area contributed by atoms with Gasteiger partial charge in [0.2, 0.25) is 0 Å². The van der Waals surface area contributed by atoms with Gasteiger partial charge in [-0.25, -0.2) is 14.6 Å². The van der Waals surface area contributed by atoms with E-state index < -0.39 is 0 Å². The first-order valence-corrected chi connectivity index (χ1v) is 12.0. The van der Waals surface area contributed by atoms with Gasteiger partial charge >= 0.3 is 0 Å². The van der Waals surface area contributed by atoms with Gasteiger partial charge in [0, 0.05) is 11.8 Å². The maximum absolute atomic E-state index is 6.33. The predicted molar refractivity (Wildman–Crippen MR) is 128 cm³/mol. The van der Waals surface area contributed by atoms with Gasteiger partial charge in [-0.1, -0.05) is 5.16 Å². The molecule has 10 heteroatoms. The molecule has 0 bridgehead atoms. The van der Waals surface area contributed by atoms with Crippen molar-refractivity contribution in [3.05, 3.63) is 29.9 Å². The highest BCUT2D eigenvalue weighted by atomic mass is 16.5. The maximum atomic E-state index is 6.33. The van der Waals surface area contributed by atoms with Crippen molar-refractivity contribution in [2.45, 2.75) is 63.8 Å². The summed E-state index contributed by atoms with van der Waals surface area (Å²) in [5.41, 5.74) is 10.5. The molecule has 3 N–H and O–H groups in total. The molecule has 0 amide bonds. The van der Waals surface area contributed by atoms with Gasteiger partial charge in [-0.2, -0.15) is 15.3 Å². The van der Waals surface area contributed by atoms with Gasteiger partial charge in [0.15, 0.2) is 5.65 Å². The van der Waals surface area contributed by atoms with Crippen LogP contribution in [0, 0.1) is 0 Å². The lowest BCUT2D eigenvalue weighted by molar-refractivity contribution is 0.365. The van der Waals surface area contributed by atoms with Gasteiger partial charge in [0.05, 0.1) is 27.9 Å². The third-order valence-electron chi connectivity index (χ3n) is 6.72. The van der Waals surface area contributed by atoms with Gasteiger partial charge in [0.25, 0.3) is 0 Å². The summed E-state index contributed by atoms with van der Waals surface area (Å²) in [5.74, 6) is 1.99. The first kappa shape index (κ1) is 21.2. The number of rotatable bonds is 4. The number of fused-ring (bicyclic) bond motifs is 1. The minimum Gasteiger partial charge on any atom is -0.383 e. The van der Waals surface area contributed by atoms with E-state index >= 15 is 0 Å². The van der Waals surface area contributed by atoms with Crippen molar-refractivity contribution in [2.24, 2.45) is 0 Å². The molecule has 2 aliphatic rings. The maximum Gasteiger partial charge on any atom is 0.164 e. The van der Waals surface area contributed by atoms with E-state index in [1.807, 2.05) is 10.7 Å². The molecule has 0 spiro atoms. The van der Waals surface area contributed by atoms with E-state index in [9.17, 15) is 0 Å². The van der Waals surface area contributed by atoms with Crippen LogP contribution in [0.5, 0.6) is 0 Å². The summed E-state index contributed by atoms with van der Waals surface area (Å²) in [6.45, 7) is 8.26. The zero-order chi connectivity index (χ0) is 23.4. The van der Waals surface area contributed by atoms with Crippen molar-refractivity contribution in [1.82, 2.24) is 40.4 Å². The zero-order valence-corrected chi connectivity index (χ0v) is 19.7. The van der Waals surface area contributed by atoms with Gasteiger partial charge in [0.1, 0.15) is 29.3 Å². The van der Waals surface area contributed by atoms with Crippen LogP contribution in [-0.2, 0) is 5.54 Å². The smallest absolute Gasteiger partial charge is 0.164 e. The van der Waals surface area contributed by atoms with E-state index in [0.717, 1.165) is 61.5 Å². The standard InChI is InChI=1S/C24H29N9O/c1-24(2,3)33-23-18(22(25)27-12-28-23)19(31-33)20-17(21(34-32-20)14-4-5-14)16-7-6-15(29-30-16)13-8-10-26-11-9-13/h6-7,12-14,26H,4-5,8-11H2,1-3H3,(H2,25,27,28). The summed E-state index contributed by atoms with van der Waals surface area (Å²) in [4.78, 5) is 8.72. The molecule has 0 aromatic carbocycles. The number of hydrogen-bond donors (Lipinski definition) is 2. The number of nitrogen functional groups attached to an aromatic ring is 1. The Morgan fingerprint density at radius 2 is 1.79 bits per heavy atom. The first-order chi connectivity index (χ1) is 16.4. The third kappa shape index (κ3) is 3.53. The Labute approximate surface area is 197 Å². The first-order valence-electron chi connectivity index (χ1n) is 12.0. The molecule has 176 valence electrons. The molecule has 10 nitrogen and oxygen atoms in total. The van der Waals surface area contributed by atoms with Crippen LogP contribution in [-0.4, -0.2) is 48.2 Å². The van der Waals surface area contributed by atoms with Crippen molar-refractivity contribution in [3.63, 3.8) is 0 Å². The number of anilines is 1. The van der Waals surface area contributed by atoms with Gasteiger partial charge in [-0.15, -0.1) is 0 Å². The molecule has 0 unspecified atom stereocenters. The van der Waals surface area contributed by atoms with Crippen molar-refractivity contribution >= 4 is 16.9 Å². The molecule has 1 saturated carbocycles. The Kier molecular flexibility index (Phi) is 4.87. The van der Waals surface area contributed by atoms with Crippen LogP contribution in [0.25, 0.3) is 33.7 Å². The summed E-state index contributed by atoms with van der Waals surface area (Å²) in [5, 5.41) is 22.7. The number of hydrogen-bond acceptors (Lipinski definition) is 9. The average molecular weight is 460 g/mol. The Morgan fingerprint density at radius 1 is 1.00 bits per heavy atom. The molecule has 4 aromatic rings. The monoisotopic (exact) mass is 459 g/mol. The van der Waals surface area contributed by atoms with E-state index in [0.29, 0.717) is 40.1 Å². The Morgan fingerprint density at radius 3 is 2.47 bits per heavy atom. The van der Waals surface area contributed by atoms with Gasteiger partial charge in [-0.3, -0.25) is 0 Å². The molecule has 1 aliphatic heterocycles. The summed E-state index contributed by atoms with van der Waals surface area (Å²) in [6.07, 6.45) is 5.77. The molecule has 5 heterocycles. The highest BCUT2D eigenvalue weighted by Crippen LogP contribution is 2.48. The highest BCUT2D eigenvalue weighted by Gasteiger charge is 2.36. The second-order valence-electron chi connectivity index (χ2n) is 10.3. The van der Waals surface area contributed by atoms with Crippen LogP contribution in [0.1, 0.15) is 69.7 Å². The van der Waals surface area contributed by atoms with Crippen molar-refractivity contribution in [3.8, 4) is 22.6 Å². The minimum absolute atomic E-state index is 0.309. The summed E-state index contributed by atoms with van der Waals surface area (Å²) >= 11 is 0. The van der Waals surface area contributed by atoms with Crippen LogP contribution in [0.3, 0.4) is 0 Å². The molecule has 34 heavy (non-hydrogen) atoms.